The molecule has 0 aromatic carbocycles. The minimum atomic E-state index is -4.83. The van der Waals surface area contributed by atoms with Gasteiger partial charge < -0.3 is 4.90 Å². The van der Waals surface area contributed by atoms with Crippen LogP contribution in [0.15, 0.2) is 0 Å². The van der Waals surface area contributed by atoms with E-state index in [1.54, 1.807) is 0 Å². The average Bonchev–Trinajstić information content (AvgIpc) is 3.16. The molecule has 0 radical (unpaired) electrons. The molecule has 0 aromatic heterocycles. The zero-order valence-electron chi connectivity index (χ0n) is 13.4. The topological polar surface area (TPSA) is 145 Å². The summed E-state index contributed by atoms with van der Waals surface area (Å²) in [7, 11) is -4.83. The van der Waals surface area contributed by atoms with Gasteiger partial charge in [0.05, 0.1) is 6.04 Å². The molecule has 0 aromatic rings. The third-order valence-corrected chi connectivity index (χ3v) is 5.18. The molecule has 3 N–H and O–H groups in total. The fraction of sp³-hybridized carbons (Fsp3) is 0.769. The third-order valence-electron chi connectivity index (χ3n) is 4.83. The van der Waals surface area contributed by atoms with Gasteiger partial charge >= 0.3 is 16.4 Å². The second-order valence-electron chi connectivity index (χ2n) is 6.47. The van der Waals surface area contributed by atoms with Crippen LogP contribution in [0.2, 0.25) is 0 Å². The average molecular weight is 376 g/mol. The van der Waals surface area contributed by atoms with Crippen molar-refractivity contribution in [1.29, 1.82) is 0 Å². The molecule has 140 valence electrons. The zero-order chi connectivity index (χ0) is 18.2. The van der Waals surface area contributed by atoms with E-state index >= 15 is 0 Å². The molecule has 1 aliphatic carbocycles. The molecule has 11 nitrogen and oxygen atoms in total. The van der Waals surface area contributed by atoms with Crippen molar-refractivity contribution in [3.63, 3.8) is 0 Å². The van der Waals surface area contributed by atoms with E-state index in [2.05, 4.69) is 15.1 Å². The number of piperidine rings is 1. The number of hydrogen-bond donors (Lipinski definition) is 3. The molecular formula is C13H20N4O7S. The van der Waals surface area contributed by atoms with E-state index in [0.717, 1.165) is 30.6 Å². The number of urea groups is 1. The lowest BCUT2D eigenvalue weighted by Gasteiger charge is -2.29. The molecule has 2 saturated heterocycles. The largest absolute Gasteiger partial charge is 0.418 e. The van der Waals surface area contributed by atoms with Gasteiger partial charge in [-0.2, -0.15) is 13.5 Å². The maximum Gasteiger partial charge on any atom is 0.418 e. The lowest BCUT2D eigenvalue weighted by atomic mass is 10.0. The zero-order valence-corrected chi connectivity index (χ0v) is 14.2. The SMILES string of the molecule is O=C(NNC(=O)[C@@H]1CC[C@@H]2CN1C(=O)N2OS(=O)(=O)O)C1CCCC1. The Kier molecular flexibility index (Phi) is 4.84. The number of carbonyl (C=O) groups excluding carboxylic acids is 3. The van der Waals surface area contributed by atoms with Crippen LogP contribution in [-0.4, -0.2) is 59.4 Å². The Labute approximate surface area is 144 Å². The van der Waals surface area contributed by atoms with E-state index in [4.69, 9.17) is 4.55 Å². The molecule has 4 amide bonds. The number of hydrogen-bond acceptors (Lipinski definition) is 6. The van der Waals surface area contributed by atoms with E-state index in [-0.39, 0.29) is 24.8 Å². The van der Waals surface area contributed by atoms with Crippen molar-refractivity contribution >= 4 is 28.2 Å². The van der Waals surface area contributed by atoms with Gasteiger partial charge in [-0.15, -0.1) is 4.28 Å². The van der Waals surface area contributed by atoms with Crippen LogP contribution in [0, 0.1) is 5.92 Å². The van der Waals surface area contributed by atoms with Crippen LogP contribution < -0.4 is 10.9 Å². The standard InChI is InChI=1S/C13H20N4O7S/c18-11(8-3-1-2-4-8)14-15-12(19)10-6-5-9-7-16(10)13(20)17(9)24-25(21,22)23/h8-10H,1-7H2,(H,14,18)(H,15,19)(H,21,22,23)/t9-,10+/m1/s1. The van der Waals surface area contributed by atoms with Crippen LogP contribution in [-0.2, 0) is 24.3 Å². The Balaban J connectivity index is 1.57. The smallest absolute Gasteiger partial charge is 0.309 e. The number of fused-ring (bicyclic) bond motifs is 2. The Morgan fingerprint density at radius 3 is 2.36 bits per heavy atom. The summed E-state index contributed by atoms with van der Waals surface area (Å²) in [5.74, 6) is -0.904. The van der Waals surface area contributed by atoms with Crippen LogP contribution in [0.4, 0.5) is 4.79 Å². The molecule has 3 fully saturated rings. The number of nitrogens with one attached hydrogen (secondary N) is 2. The normalized spacial score (nSPS) is 26.8. The van der Waals surface area contributed by atoms with Gasteiger partial charge in [0.1, 0.15) is 6.04 Å². The summed E-state index contributed by atoms with van der Waals surface area (Å²) in [4.78, 5) is 37.6. The van der Waals surface area contributed by atoms with Crippen molar-refractivity contribution in [3.05, 3.63) is 0 Å². The third kappa shape index (κ3) is 3.85. The fourth-order valence-corrected chi connectivity index (χ4v) is 3.99. The highest BCUT2D eigenvalue weighted by atomic mass is 32.3. The van der Waals surface area contributed by atoms with E-state index < -0.39 is 34.4 Å². The van der Waals surface area contributed by atoms with Gasteiger partial charge in [0.15, 0.2) is 0 Å². The van der Waals surface area contributed by atoms with Gasteiger partial charge in [0.2, 0.25) is 5.91 Å². The number of carbonyl (C=O) groups is 3. The van der Waals surface area contributed by atoms with Gasteiger partial charge in [-0.05, 0) is 25.7 Å². The molecule has 2 heterocycles. The van der Waals surface area contributed by atoms with Crippen molar-refractivity contribution in [2.24, 2.45) is 5.92 Å². The maximum absolute atomic E-state index is 12.3. The molecule has 1 saturated carbocycles. The quantitative estimate of drug-likeness (QED) is 0.435. The second-order valence-corrected chi connectivity index (χ2v) is 7.47. The van der Waals surface area contributed by atoms with E-state index in [1.807, 2.05) is 0 Å². The molecule has 3 rings (SSSR count). The second kappa shape index (κ2) is 6.77. The number of hydroxylamine groups is 2. The van der Waals surface area contributed by atoms with Gasteiger partial charge in [0.25, 0.3) is 5.91 Å². The number of nitrogens with zero attached hydrogens (tertiary/aromatic N) is 2. The molecule has 2 aliphatic heterocycles. The Hall–Kier alpha value is -1.92. The predicted molar refractivity (Wildman–Crippen MR) is 81.6 cm³/mol. The first-order valence-corrected chi connectivity index (χ1v) is 9.49. The lowest BCUT2D eigenvalue weighted by molar-refractivity contribution is -0.133. The van der Waals surface area contributed by atoms with Crippen molar-refractivity contribution in [2.45, 2.75) is 50.6 Å². The first-order chi connectivity index (χ1) is 11.8. The first-order valence-electron chi connectivity index (χ1n) is 8.13. The monoisotopic (exact) mass is 376 g/mol. The molecule has 2 atom stereocenters. The Morgan fingerprint density at radius 2 is 1.72 bits per heavy atom. The lowest BCUT2D eigenvalue weighted by Crippen LogP contribution is -2.54. The van der Waals surface area contributed by atoms with E-state index in [9.17, 15) is 22.8 Å². The number of rotatable bonds is 4. The molecule has 25 heavy (non-hydrogen) atoms. The van der Waals surface area contributed by atoms with Crippen LogP contribution in [0.5, 0.6) is 0 Å². The molecular weight excluding hydrogens is 356 g/mol. The molecule has 0 unspecified atom stereocenters. The maximum atomic E-state index is 12.3. The Bertz CT molecular complexity index is 676. The van der Waals surface area contributed by atoms with Crippen LogP contribution in [0.25, 0.3) is 0 Å². The van der Waals surface area contributed by atoms with Crippen molar-refractivity contribution in [2.75, 3.05) is 6.54 Å². The van der Waals surface area contributed by atoms with Crippen LogP contribution in [0.3, 0.4) is 0 Å². The summed E-state index contributed by atoms with van der Waals surface area (Å²) >= 11 is 0. The predicted octanol–water partition coefficient (Wildman–Crippen LogP) is -0.673. The minimum Gasteiger partial charge on any atom is -0.309 e. The minimum absolute atomic E-state index is 0.100. The highest BCUT2D eigenvalue weighted by molar-refractivity contribution is 7.80. The van der Waals surface area contributed by atoms with Crippen molar-refractivity contribution in [1.82, 2.24) is 20.8 Å². The Morgan fingerprint density at radius 1 is 1.08 bits per heavy atom. The first kappa shape index (κ1) is 17.9. The van der Waals surface area contributed by atoms with Crippen molar-refractivity contribution in [3.8, 4) is 0 Å². The van der Waals surface area contributed by atoms with Crippen LogP contribution >= 0.6 is 0 Å². The van der Waals surface area contributed by atoms with Gasteiger partial charge in [0, 0.05) is 12.5 Å². The van der Waals surface area contributed by atoms with Crippen LogP contribution in [0.1, 0.15) is 38.5 Å². The molecule has 3 aliphatic rings. The highest BCUT2D eigenvalue weighted by Gasteiger charge is 2.49. The van der Waals surface area contributed by atoms with E-state index in [1.165, 1.54) is 0 Å². The van der Waals surface area contributed by atoms with E-state index in [0.29, 0.717) is 11.5 Å². The van der Waals surface area contributed by atoms with Crippen molar-refractivity contribution < 1.29 is 31.6 Å². The summed E-state index contributed by atoms with van der Waals surface area (Å²) in [6, 6.07) is -2.23. The highest BCUT2D eigenvalue weighted by Crippen LogP contribution is 2.30. The summed E-state index contributed by atoms with van der Waals surface area (Å²) < 4.78 is 34.7. The number of hydrazine groups is 1. The summed E-state index contributed by atoms with van der Waals surface area (Å²) in [5.41, 5.74) is 4.72. The molecule has 2 bridgehead atoms. The molecule has 0 spiro atoms. The van der Waals surface area contributed by atoms with Gasteiger partial charge in [-0.1, -0.05) is 12.8 Å². The summed E-state index contributed by atoms with van der Waals surface area (Å²) in [5, 5.41) is 0.569. The van der Waals surface area contributed by atoms with Gasteiger partial charge in [-0.3, -0.25) is 25.0 Å². The van der Waals surface area contributed by atoms with Gasteiger partial charge in [-0.25, -0.2) is 4.79 Å². The summed E-state index contributed by atoms with van der Waals surface area (Å²) in [6.45, 7) is 0.100. The molecule has 12 heteroatoms. The number of amides is 4. The fourth-order valence-electron chi connectivity index (χ4n) is 3.60. The summed E-state index contributed by atoms with van der Waals surface area (Å²) in [6.07, 6.45) is 4.17.